The van der Waals surface area contributed by atoms with Gasteiger partial charge in [0.1, 0.15) is 0 Å². The van der Waals surface area contributed by atoms with Crippen LogP contribution in [0.3, 0.4) is 0 Å². The van der Waals surface area contributed by atoms with Crippen LogP contribution < -0.4 is 14.8 Å². The van der Waals surface area contributed by atoms with Gasteiger partial charge in [0.25, 0.3) is 0 Å². The van der Waals surface area contributed by atoms with Crippen molar-refractivity contribution in [2.24, 2.45) is 0 Å². The topological polar surface area (TPSA) is 67.9 Å². The molecule has 1 aliphatic rings. The lowest BCUT2D eigenvalue weighted by Gasteiger charge is -2.25. The Bertz CT molecular complexity index is 603. The summed E-state index contributed by atoms with van der Waals surface area (Å²) in [6, 6.07) is 5.38. The summed E-state index contributed by atoms with van der Waals surface area (Å²) in [7, 11) is 3.17. The van der Waals surface area contributed by atoms with Gasteiger partial charge in [-0.2, -0.15) is 0 Å². The Balaban J connectivity index is 1.96. The van der Waals surface area contributed by atoms with Gasteiger partial charge in [0.2, 0.25) is 11.8 Å². The number of likely N-dealkylation sites (tertiary alicyclic amines) is 1. The van der Waals surface area contributed by atoms with Gasteiger partial charge in [0, 0.05) is 13.0 Å². The van der Waals surface area contributed by atoms with E-state index in [2.05, 4.69) is 5.32 Å². The zero-order chi connectivity index (χ0) is 18.2. The highest BCUT2D eigenvalue weighted by Crippen LogP contribution is 2.29. The summed E-state index contributed by atoms with van der Waals surface area (Å²) in [6.07, 6.45) is 4.64. The first kappa shape index (κ1) is 19.1. The number of hydrogen-bond donors (Lipinski definition) is 1. The summed E-state index contributed by atoms with van der Waals surface area (Å²) in [5, 5.41) is 2.96. The summed E-state index contributed by atoms with van der Waals surface area (Å²) < 4.78 is 10.5. The Morgan fingerprint density at radius 2 is 1.88 bits per heavy atom. The molecule has 25 heavy (non-hydrogen) atoms. The highest BCUT2D eigenvalue weighted by molar-refractivity contribution is 5.85. The molecule has 2 rings (SSSR count). The Morgan fingerprint density at radius 3 is 2.60 bits per heavy atom. The van der Waals surface area contributed by atoms with Gasteiger partial charge in [-0.3, -0.25) is 9.59 Å². The summed E-state index contributed by atoms with van der Waals surface area (Å²) in [5.74, 6) is 1.21. The van der Waals surface area contributed by atoms with Crippen molar-refractivity contribution >= 4 is 11.8 Å². The van der Waals surface area contributed by atoms with Crippen LogP contribution in [0.25, 0.3) is 0 Å². The molecule has 6 nitrogen and oxygen atoms in total. The minimum atomic E-state index is -0.183. The van der Waals surface area contributed by atoms with Gasteiger partial charge in [-0.15, -0.1) is 0 Å². The molecule has 0 spiro atoms. The predicted octanol–water partition coefficient (Wildman–Crippen LogP) is 2.67. The van der Waals surface area contributed by atoms with E-state index in [4.69, 9.17) is 9.47 Å². The number of nitrogens with zero attached hydrogens (tertiary/aromatic N) is 1. The molecular weight excluding hydrogens is 320 g/mol. The Morgan fingerprint density at radius 1 is 1.16 bits per heavy atom. The lowest BCUT2D eigenvalue weighted by atomic mass is 10.1. The smallest absolute Gasteiger partial charge is 0.240 e. The van der Waals surface area contributed by atoms with Crippen molar-refractivity contribution in [2.75, 3.05) is 27.3 Å². The summed E-state index contributed by atoms with van der Waals surface area (Å²) in [5.41, 5.74) is 0.921. The van der Waals surface area contributed by atoms with E-state index in [1.165, 1.54) is 0 Å². The third-order valence-corrected chi connectivity index (χ3v) is 4.54. The van der Waals surface area contributed by atoms with Crippen LogP contribution in [-0.4, -0.2) is 44.0 Å². The molecule has 1 aliphatic heterocycles. The fourth-order valence-corrected chi connectivity index (χ4v) is 3.05. The number of rotatable bonds is 6. The SMILES string of the molecule is COc1ccc(C(C)NC(=O)CN2CCCCCCC2=O)cc1OC. The number of carbonyl (C=O) groups excluding carboxylic acids is 2. The molecule has 6 heteroatoms. The summed E-state index contributed by atoms with van der Waals surface area (Å²) >= 11 is 0. The molecular formula is C19H28N2O4. The van der Waals surface area contributed by atoms with Crippen molar-refractivity contribution in [1.29, 1.82) is 0 Å². The molecule has 0 radical (unpaired) electrons. The van der Waals surface area contributed by atoms with Crippen molar-refractivity contribution in [3.8, 4) is 11.5 Å². The van der Waals surface area contributed by atoms with Crippen LogP contribution in [0.1, 0.15) is 50.6 Å². The quantitative estimate of drug-likeness (QED) is 0.858. The van der Waals surface area contributed by atoms with Gasteiger partial charge < -0.3 is 19.7 Å². The van der Waals surface area contributed by atoms with Gasteiger partial charge in [0.15, 0.2) is 11.5 Å². The number of ether oxygens (including phenoxy) is 2. The predicted molar refractivity (Wildman–Crippen MR) is 95.8 cm³/mol. The molecule has 0 bridgehead atoms. The lowest BCUT2D eigenvalue weighted by molar-refractivity contribution is -0.136. The highest BCUT2D eigenvalue weighted by atomic mass is 16.5. The van der Waals surface area contributed by atoms with Gasteiger partial charge in [-0.05, 0) is 37.5 Å². The Labute approximate surface area is 149 Å². The second-order valence-corrected chi connectivity index (χ2v) is 6.38. The van der Waals surface area contributed by atoms with Crippen LogP contribution >= 0.6 is 0 Å². The first-order valence-corrected chi connectivity index (χ1v) is 8.84. The van der Waals surface area contributed by atoms with Crippen molar-refractivity contribution in [3.63, 3.8) is 0 Å². The third-order valence-electron chi connectivity index (χ3n) is 4.54. The Hall–Kier alpha value is -2.24. The molecule has 0 aliphatic carbocycles. The standard InChI is InChI=1S/C19H28N2O4/c1-14(15-9-10-16(24-2)17(12-15)25-3)20-18(22)13-21-11-7-5-4-6-8-19(21)23/h9-10,12,14H,4-8,11,13H2,1-3H3,(H,20,22). The van der Waals surface area contributed by atoms with Crippen LogP contribution in [0.5, 0.6) is 11.5 Å². The summed E-state index contributed by atoms with van der Waals surface area (Å²) in [6.45, 7) is 2.70. The fourth-order valence-electron chi connectivity index (χ4n) is 3.05. The van der Waals surface area contributed by atoms with Gasteiger partial charge in [0.05, 0.1) is 26.8 Å². The van der Waals surface area contributed by atoms with E-state index in [0.717, 1.165) is 31.2 Å². The molecule has 1 aromatic rings. The first-order chi connectivity index (χ1) is 12.0. The van der Waals surface area contributed by atoms with Crippen molar-refractivity contribution < 1.29 is 19.1 Å². The average Bonchev–Trinajstić information content (AvgIpc) is 2.60. The number of benzene rings is 1. The minimum absolute atomic E-state index is 0.0774. The number of carbonyl (C=O) groups is 2. The van der Waals surface area contributed by atoms with E-state index in [-0.39, 0.29) is 24.4 Å². The van der Waals surface area contributed by atoms with Gasteiger partial charge >= 0.3 is 0 Å². The highest BCUT2D eigenvalue weighted by Gasteiger charge is 2.20. The van der Waals surface area contributed by atoms with Gasteiger partial charge in [-0.1, -0.05) is 18.9 Å². The molecule has 0 saturated carbocycles. The number of amides is 2. The Kier molecular flexibility index (Phi) is 7.10. The van der Waals surface area contributed by atoms with E-state index in [1.807, 2.05) is 25.1 Å². The van der Waals surface area contributed by atoms with Crippen molar-refractivity contribution in [3.05, 3.63) is 23.8 Å². The lowest BCUT2D eigenvalue weighted by Crippen LogP contribution is -2.42. The van der Waals surface area contributed by atoms with Crippen LogP contribution in [0, 0.1) is 0 Å². The number of nitrogens with one attached hydrogen (secondary N) is 1. The second-order valence-electron chi connectivity index (χ2n) is 6.38. The van der Waals surface area contributed by atoms with E-state index in [1.54, 1.807) is 19.1 Å². The molecule has 1 fully saturated rings. The summed E-state index contributed by atoms with van der Waals surface area (Å²) in [4.78, 5) is 26.2. The number of methoxy groups -OCH3 is 2. The molecule has 1 aromatic carbocycles. The van der Waals surface area contributed by atoms with Crippen molar-refractivity contribution in [2.45, 2.75) is 45.1 Å². The monoisotopic (exact) mass is 348 g/mol. The molecule has 1 N–H and O–H groups in total. The maximum absolute atomic E-state index is 12.4. The molecule has 2 amide bonds. The van der Waals surface area contributed by atoms with E-state index >= 15 is 0 Å². The van der Waals surface area contributed by atoms with E-state index < -0.39 is 0 Å². The molecule has 1 heterocycles. The van der Waals surface area contributed by atoms with Crippen LogP contribution in [0.4, 0.5) is 0 Å². The molecule has 1 unspecified atom stereocenters. The fraction of sp³-hybridized carbons (Fsp3) is 0.579. The van der Waals surface area contributed by atoms with Crippen molar-refractivity contribution in [1.82, 2.24) is 10.2 Å². The zero-order valence-electron chi connectivity index (χ0n) is 15.3. The zero-order valence-corrected chi connectivity index (χ0v) is 15.3. The van der Waals surface area contributed by atoms with E-state index in [0.29, 0.717) is 24.5 Å². The average molecular weight is 348 g/mol. The van der Waals surface area contributed by atoms with Crippen LogP contribution in [0.2, 0.25) is 0 Å². The second kappa shape index (κ2) is 9.30. The van der Waals surface area contributed by atoms with Crippen LogP contribution in [0.15, 0.2) is 18.2 Å². The number of hydrogen-bond acceptors (Lipinski definition) is 4. The maximum Gasteiger partial charge on any atom is 0.240 e. The minimum Gasteiger partial charge on any atom is -0.493 e. The molecule has 138 valence electrons. The van der Waals surface area contributed by atoms with Gasteiger partial charge in [-0.25, -0.2) is 0 Å². The molecule has 1 saturated heterocycles. The largest absolute Gasteiger partial charge is 0.493 e. The maximum atomic E-state index is 12.4. The van der Waals surface area contributed by atoms with E-state index in [9.17, 15) is 9.59 Å². The third kappa shape index (κ3) is 5.37. The molecule has 1 atom stereocenters. The first-order valence-electron chi connectivity index (χ1n) is 8.84. The van der Waals surface area contributed by atoms with Crippen LogP contribution in [-0.2, 0) is 9.59 Å². The molecule has 0 aromatic heterocycles. The normalized spacial score (nSPS) is 16.6.